The van der Waals surface area contributed by atoms with Gasteiger partial charge in [-0.05, 0) is 33.2 Å². The average molecular weight is 228 g/mol. The predicted molar refractivity (Wildman–Crippen MR) is 68.8 cm³/mol. The first-order chi connectivity index (χ1) is 7.50. The minimum absolute atomic E-state index is 0.378. The lowest BCUT2D eigenvalue weighted by Crippen LogP contribution is -2.53. The van der Waals surface area contributed by atoms with Crippen LogP contribution < -0.4 is 5.32 Å². The number of nitrogens with one attached hydrogen (secondary N) is 1. The third-order valence-corrected chi connectivity index (χ3v) is 3.21. The van der Waals surface area contributed by atoms with E-state index < -0.39 is 0 Å². The molecule has 0 aromatic carbocycles. The van der Waals surface area contributed by atoms with Crippen molar-refractivity contribution in [3.63, 3.8) is 0 Å². The summed E-state index contributed by atoms with van der Waals surface area (Å²) in [4.78, 5) is 2.56. The monoisotopic (exact) mass is 228 g/mol. The lowest BCUT2D eigenvalue weighted by atomic mass is 10.1. The van der Waals surface area contributed by atoms with E-state index in [2.05, 4.69) is 44.8 Å². The zero-order valence-electron chi connectivity index (χ0n) is 11.5. The summed E-state index contributed by atoms with van der Waals surface area (Å²) in [6.45, 7) is 15.3. The molecule has 1 saturated heterocycles. The molecule has 0 radical (unpaired) electrons. The van der Waals surface area contributed by atoms with E-state index in [0.717, 1.165) is 32.2 Å². The first-order valence-corrected chi connectivity index (χ1v) is 6.58. The smallest absolute Gasteiger partial charge is 0.0674 e. The van der Waals surface area contributed by atoms with E-state index in [-0.39, 0.29) is 0 Å². The number of hydrogen-bond acceptors (Lipinski definition) is 3. The maximum Gasteiger partial charge on any atom is 0.0674 e. The normalized spacial score (nSPS) is 29.6. The molecule has 3 heteroatoms. The van der Waals surface area contributed by atoms with Gasteiger partial charge in [-0.3, -0.25) is 4.90 Å². The van der Waals surface area contributed by atoms with Gasteiger partial charge < -0.3 is 10.1 Å². The third kappa shape index (κ3) is 4.40. The molecule has 0 aliphatic carbocycles. The highest BCUT2D eigenvalue weighted by Crippen LogP contribution is 2.14. The topological polar surface area (TPSA) is 24.5 Å². The highest BCUT2D eigenvalue weighted by molar-refractivity contribution is 4.80. The Morgan fingerprint density at radius 1 is 1.25 bits per heavy atom. The second-order valence-electron chi connectivity index (χ2n) is 5.59. The molecule has 1 N–H and O–H groups in total. The van der Waals surface area contributed by atoms with Crippen molar-refractivity contribution in [1.82, 2.24) is 10.2 Å². The summed E-state index contributed by atoms with van der Waals surface area (Å²) in [6, 6.07) is 1.15. The zero-order valence-corrected chi connectivity index (χ0v) is 11.5. The Morgan fingerprint density at radius 2 is 1.94 bits per heavy atom. The van der Waals surface area contributed by atoms with Crippen LogP contribution in [0.3, 0.4) is 0 Å². The largest absolute Gasteiger partial charge is 0.376 e. The van der Waals surface area contributed by atoms with Crippen LogP contribution >= 0.6 is 0 Å². The molecule has 3 unspecified atom stereocenters. The maximum atomic E-state index is 5.65. The van der Waals surface area contributed by atoms with Crippen molar-refractivity contribution in [1.29, 1.82) is 0 Å². The van der Waals surface area contributed by atoms with Crippen molar-refractivity contribution >= 4 is 0 Å². The summed E-state index contributed by atoms with van der Waals surface area (Å²) < 4.78 is 5.65. The Bertz CT molecular complexity index is 196. The van der Waals surface area contributed by atoms with Crippen LogP contribution in [0.5, 0.6) is 0 Å². The van der Waals surface area contributed by atoms with Crippen molar-refractivity contribution in [2.75, 3.05) is 26.2 Å². The molecule has 1 heterocycles. The van der Waals surface area contributed by atoms with E-state index in [1.54, 1.807) is 0 Å². The molecule has 0 bridgehead atoms. The van der Waals surface area contributed by atoms with Gasteiger partial charge >= 0.3 is 0 Å². The Kier molecular flexibility index (Phi) is 5.73. The Labute approximate surface area is 101 Å². The molecule has 1 aliphatic rings. The maximum absolute atomic E-state index is 5.65. The van der Waals surface area contributed by atoms with Gasteiger partial charge in [-0.2, -0.15) is 0 Å². The van der Waals surface area contributed by atoms with E-state index in [9.17, 15) is 0 Å². The van der Waals surface area contributed by atoms with E-state index in [4.69, 9.17) is 4.74 Å². The second kappa shape index (κ2) is 6.58. The van der Waals surface area contributed by atoms with Gasteiger partial charge in [-0.1, -0.05) is 13.8 Å². The van der Waals surface area contributed by atoms with Crippen LogP contribution in [0, 0.1) is 5.92 Å². The van der Waals surface area contributed by atoms with Crippen LogP contribution in [0.25, 0.3) is 0 Å². The van der Waals surface area contributed by atoms with Gasteiger partial charge in [0.1, 0.15) is 0 Å². The van der Waals surface area contributed by atoms with E-state index in [1.807, 2.05) is 0 Å². The molecule has 0 aromatic rings. The van der Waals surface area contributed by atoms with Crippen molar-refractivity contribution in [2.45, 2.75) is 52.8 Å². The Morgan fingerprint density at radius 3 is 2.56 bits per heavy atom. The van der Waals surface area contributed by atoms with Gasteiger partial charge in [0.2, 0.25) is 0 Å². The van der Waals surface area contributed by atoms with Crippen LogP contribution in [0.4, 0.5) is 0 Å². The molecule has 16 heavy (non-hydrogen) atoms. The molecule has 0 aromatic heterocycles. The summed E-state index contributed by atoms with van der Waals surface area (Å²) in [7, 11) is 0. The zero-order chi connectivity index (χ0) is 12.1. The fourth-order valence-electron chi connectivity index (χ4n) is 2.24. The van der Waals surface area contributed by atoms with E-state index >= 15 is 0 Å². The van der Waals surface area contributed by atoms with Gasteiger partial charge in [-0.15, -0.1) is 0 Å². The van der Waals surface area contributed by atoms with Crippen molar-refractivity contribution in [2.24, 2.45) is 5.92 Å². The molecule has 0 amide bonds. The summed E-state index contributed by atoms with van der Waals surface area (Å²) >= 11 is 0. The Hall–Kier alpha value is -0.120. The first-order valence-electron chi connectivity index (χ1n) is 6.58. The van der Waals surface area contributed by atoms with Crippen LogP contribution in [0.15, 0.2) is 0 Å². The fraction of sp³-hybridized carbons (Fsp3) is 1.00. The molecular weight excluding hydrogens is 200 g/mol. The SMILES string of the molecule is CC(C)CNCC(C)N1CC(C)OCC1C. The van der Waals surface area contributed by atoms with E-state index in [0.29, 0.717) is 18.2 Å². The molecule has 0 saturated carbocycles. The fourth-order valence-corrected chi connectivity index (χ4v) is 2.24. The summed E-state index contributed by atoms with van der Waals surface area (Å²) in [5.41, 5.74) is 0. The molecular formula is C13H28N2O. The van der Waals surface area contributed by atoms with Gasteiger partial charge in [0.05, 0.1) is 12.7 Å². The van der Waals surface area contributed by atoms with Crippen LogP contribution in [0.1, 0.15) is 34.6 Å². The van der Waals surface area contributed by atoms with Crippen molar-refractivity contribution < 1.29 is 4.74 Å². The molecule has 0 spiro atoms. The van der Waals surface area contributed by atoms with E-state index in [1.165, 1.54) is 0 Å². The quantitative estimate of drug-likeness (QED) is 0.775. The van der Waals surface area contributed by atoms with Crippen LogP contribution in [0.2, 0.25) is 0 Å². The second-order valence-corrected chi connectivity index (χ2v) is 5.59. The molecule has 1 aliphatic heterocycles. The molecule has 96 valence electrons. The number of ether oxygens (including phenoxy) is 1. The number of rotatable bonds is 5. The first kappa shape index (κ1) is 13.9. The summed E-state index contributed by atoms with van der Waals surface area (Å²) in [5, 5.41) is 3.53. The van der Waals surface area contributed by atoms with Crippen molar-refractivity contribution in [3.05, 3.63) is 0 Å². The van der Waals surface area contributed by atoms with Crippen LogP contribution in [-0.2, 0) is 4.74 Å². The predicted octanol–water partition coefficient (Wildman–Crippen LogP) is 1.73. The molecule has 1 fully saturated rings. The number of morpholine rings is 1. The lowest BCUT2D eigenvalue weighted by molar-refractivity contribution is -0.0630. The number of hydrogen-bond donors (Lipinski definition) is 1. The lowest BCUT2D eigenvalue weighted by Gasteiger charge is -2.40. The third-order valence-electron chi connectivity index (χ3n) is 3.21. The summed E-state index contributed by atoms with van der Waals surface area (Å²) in [6.07, 6.45) is 0.378. The van der Waals surface area contributed by atoms with Gasteiger partial charge in [-0.25, -0.2) is 0 Å². The standard InChI is InChI=1S/C13H28N2O/c1-10(2)6-14-7-11(3)15-8-13(5)16-9-12(15)4/h10-14H,6-9H2,1-5H3. The highest BCUT2D eigenvalue weighted by atomic mass is 16.5. The molecule has 1 rings (SSSR count). The highest BCUT2D eigenvalue weighted by Gasteiger charge is 2.26. The molecule has 3 atom stereocenters. The van der Waals surface area contributed by atoms with Gasteiger partial charge in [0, 0.05) is 25.2 Å². The van der Waals surface area contributed by atoms with Crippen LogP contribution in [-0.4, -0.2) is 49.3 Å². The van der Waals surface area contributed by atoms with Gasteiger partial charge in [0.15, 0.2) is 0 Å². The minimum atomic E-state index is 0.378. The molecule has 3 nitrogen and oxygen atoms in total. The average Bonchev–Trinajstić information content (AvgIpc) is 2.21. The van der Waals surface area contributed by atoms with Gasteiger partial charge in [0.25, 0.3) is 0 Å². The number of nitrogens with zero attached hydrogens (tertiary/aromatic N) is 1. The Balaban J connectivity index is 2.30. The van der Waals surface area contributed by atoms with Crippen molar-refractivity contribution in [3.8, 4) is 0 Å². The summed E-state index contributed by atoms with van der Waals surface area (Å²) in [5.74, 6) is 0.730. The minimum Gasteiger partial charge on any atom is -0.376 e.